The van der Waals surface area contributed by atoms with Crippen LogP contribution in [0.25, 0.3) is 0 Å². The summed E-state index contributed by atoms with van der Waals surface area (Å²) in [7, 11) is 0. The number of ether oxygens (including phenoxy) is 1. The second-order valence-corrected chi connectivity index (χ2v) is 7.99. The fourth-order valence-electron chi connectivity index (χ4n) is 3.54. The first-order valence-corrected chi connectivity index (χ1v) is 10.3. The highest BCUT2D eigenvalue weighted by Crippen LogP contribution is 2.21. The number of carbonyl (C=O) groups excluding carboxylic acids is 2. The molecule has 0 spiro atoms. The van der Waals surface area contributed by atoms with E-state index < -0.39 is 11.5 Å². The van der Waals surface area contributed by atoms with Gasteiger partial charge in [-0.05, 0) is 49.3 Å². The highest BCUT2D eigenvalue weighted by Gasteiger charge is 2.18. The summed E-state index contributed by atoms with van der Waals surface area (Å²) in [5.41, 5.74) is 2.53. The minimum absolute atomic E-state index is 0.0416. The maximum atomic E-state index is 12.4. The zero-order valence-electron chi connectivity index (χ0n) is 18.5. The fourth-order valence-corrected chi connectivity index (χ4v) is 3.54. The highest BCUT2D eigenvalue weighted by molar-refractivity contribution is 5.81. The summed E-state index contributed by atoms with van der Waals surface area (Å²) in [5.74, 6) is -0.486. The minimum Gasteiger partial charge on any atom is -0.456 e. The van der Waals surface area contributed by atoms with E-state index in [-0.39, 0.29) is 30.5 Å². The lowest BCUT2D eigenvalue weighted by molar-refractivity contribution is -0.148. The van der Waals surface area contributed by atoms with Crippen LogP contribution in [0.4, 0.5) is 0 Å². The van der Waals surface area contributed by atoms with Crippen LogP contribution in [-0.2, 0) is 20.7 Å². The molecule has 1 heterocycles. The maximum absolute atomic E-state index is 12.4. The zero-order chi connectivity index (χ0) is 23.0. The molecule has 1 aromatic carbocycles. The first-order chi connectivity index (χ1) is 14.7. The molecular weight excluding hydrogens is 394 g/mol. The summed E-state index contributed by atoms with van der Waals surface area (Å²) in [6.45, 7) is 7.23. The maximum Gasteiger partial charge on any atom is 0.306 e. The third-order valence-electron chi connectivity index (χ3n) is 5.11. The molecule has 1 aromatic heterocycles. The molecule has 0 fully saturated rings. The van der Waals surface area contributed by atoms with Gasteiger partial charge >= 0.3 is 5.97 Å². The first-order valence-electron chi connectivity index (χ1n) is 10.3. The topological polar surface area (TPSA) is 112 Å². The Labute approximate surface area is 182 Å². The lowest BCUT2D eigenvalue weighted by Gasteiger charge is -2.21. The zero-order valence-corrected chi connectivity index (χ0v) is 18.5. The molecular formula is C24H29N3O4. The molecule has 1 atom stereocenters. The van der Waals surface area contributed by atoms with Gasteiger partial charge in [0.2, 0.25) is 0 Å². The van der Waals surface area contributed by atoms with Crippen LogP contribution in [0, 0.1) is 31.1 Å². The summed E-state index contributed by atoms with van der Waals surface area (Å²) in [4.78, 5) is 38.9. The van der Waals surface area contributed by atoms with Crippen molar-refractivity contribution >= 4 is 11.9 Å². The van der Waals surface area contributed by atoms with Crippen molar-refractivity contribution in [1.29, 1.82) is 5.26 Å². The summed E-state index contributed by atoms with van der Waals surface area (Å²) >= 11 is 0. The second-order valence-electron chi connectivity index (χ2n) is 7.99. The normalized spacial score (nSPS) is 11.6. The van der Waals surface area contributed by atoms with Gasteiger partial charge in [0.05, 0.1) is 6.04 Å². The number of aryl methyl sites for hydroxylation is 1. The number of aromatic nitrogens is 1. The number of H-pyrrole nitrogens is 1. The molecule has 2 rings (SSSR count). The minimum atomic E-state index is -0.515. The summed E-state index contributed by atoms with van der Waals surface area (Å²) in [6.07, 6.45) is 1.12. The number of rotatable bonds is 9. The Morgan fingerprint density at radius 3 is 2.48 bits per heavy atom. The molecule has 31 heavy (non-hydrogen) atoms. The molecule has 0 saturated carbocycles. The van der Waals surface area contributed by atoms with Crippen molar-refractivity contribution < 1.29 is 14.3 Å². The predicted octanol–water partition coefficient (Wildman–Crippen LogP) is 3.24. The highest BCUT2D eigenvalue weighted by atomic mass is 16.5. The van der Waals surface area contributed by atoms with Gasteiger partial charge in [-0.15, -0.1) is 0 Å². The second kappa shape index (κ2) is 11.1. The number of amides is 1. The van der Waals surface area contributed by atoms with E-state index in [4.69, 9.17) is 10.00 Å². The molecule has 0 saturated heterocycles. The molecule has 0 unspecified atom stereocenters. The molecule has 1 amide bonds. The summed E-state index contributed by atoms with van der Waals surface area (Å²) in [5, 5.41) is 12.1. The smallest absolute Gasteiger partial charge is 0.306 e. The van der Waals surface area contributed by atoms with E-state index in [2.05, 4.69) is 24.1 Å². The van der Waals surface area contributed by atoms with E-state index in [1.165, 1.54) is 0 Å². The standard InChI is InChI=1S/C24H29N3O4/c1-15(2)12-21(18-8-6-5-7-9-18)27-22(28)14-31-23(29)11-10-19-16(3)20(13-25)24(30)26-17(19)4/h5-9,15,21H,10-12,14H2,1-4H3,(H,26,30)(H,27,28)/t21-/m1/s1. The Kier molecular flexibility index (Phi) is 8.56. The molecule has 7 nitrogen and oxygen atoms in total. The first kappa shape index (κ1) is 23.9. The van der Waals surface area contributed by atoms with E-state index in [0.717, 1.165) is 17.5 Å². The number of hydrogen-bond acceptors (Lipinski definition) is 5. The summed E-state index contributed by atoms with van der Waals surface area (Å²) < 4.78 is 5.14. The third kappa shape index (κ3) is 6.82. The average Bonchev–Trinajstić information content (AvgIpc) is 2.72. The number of pyridine rings is 1. The van der Waals surface area contributed by atoms with Gasteiger partial charge in [-0.1, -0.05) is 44.2 Å². The average molecular weight is 424 g/mol. The van der Waals surface area contributed by atoms with Gasteiger partial charge in [-0.25, -0.2) is 0 Å². The number of hydrogen-bond donors (Lipinski definition) is 2. The molecule has 0 bridgehead atoms. The number of carbonyl (C=O) groups is 2. The number of benzene rings is 1. The van der Waals surface area contributed by atoms with Crippen LogP contribution < -0.4 is 10.9 Å². The Morgan fingerprint density at radius 2 is 1.87 bits per heavy atom. The van der Waals surface area contributed by atoms with Crippen LogP contribution in [0.5, 0.6) is 0 Å². The van der Waals surface area contributed by atoms with Crippen molar-refractivity contribution in [2.75, 3.05) is 6.61 Å². The van der Waals surface area contributed by atoms with Crippen molar-refractivity contribution in [3.05, 3.63) is 68.6 Å². The van der Waals surface area contributed by atoms with E-state index in [9.17, 15) is 14.4 Å². The van der Waals surface area contributed by atoms with Crippen LogP contribution in [0.1, 0.15) is 60.7 Å². The molecule has 2 aromatic rings. The van der Waals surface area contributed by atoms with Gasteiger partial charge in [0.25, 0.3) is 11.5 Å². The number of nitrogens with one attached hydrogen (secondary N) is 2. The van der Waals surface area contributed by atoms with Crippen LogP contribution in [-0.4, -0.2) is 23.5 Å². The number of nitrogens with zero attached hydrogens (tertiary/aromatic N) is 1. The lowest BCUT2D eigenvalue weighted by atomic mass is 9.97. The molecule has 0 aliphatic heterocycles. The van der Waals surface area contributed by atoms with Gasteiger partial charge in [0, 0.05) is 12.1 Å². The third-order valence-corrected chi connectivity index (χ3v) is 5.11. The summed E-state index contributed by atoms with van der Waals surface area (Å²) in [6, 6.07) is 11.4. The fraction of sp³-hybridized carbons (Fsp3) is 0.417. The number of aromatic amines is 1. The SMILES string of the molecule is Cc1[nH]c(=O)c(C#N)c(C)c1CCC(=O)OCC(=O)N[C@H](CC(C)C)c1ccccc1. The van der Waals surface area contributed by atoms with Crippen LogP contribution in [0.15, 0.2) is 35.1 Å². The Bertz CT molecular complexity index is 1020. The van der Waals surface area contributed by atoms with Crippen molar-refractivity contribution in [3.8, 4) is 6.07 Å². The van der Waals surface area contributed by atoms with Gasteiger partial charge in [-0.2, -0.15) is 5.26 Å². The van der Waals surface area contributed by atoms with Crippen molar-refractivity contribution in [3.63, 3.8) is 0 Å². The van der Waals surface area contributed by atoms with Crippen LogP contribution in [0.3, 0.4) is 0 Å². The van der Waals surface area contributed by atoms with Crippen molar-refractivity contribution in [1.82, 2.24) is 10.3 Å². The molecule has 2 N–H and O–H groups in total. The molecule has 7 heteroatoms. The van der Waals surface area contributed by atoms with E-state index >= 15 is 0 Å². The number of esters is 1. The Hall–Kier alpha value is -3.40. The predicted molar refractivity (Wildman–Crippen MR) is 117 cm³/mol. The van der Waals surface area contributed by atoms with E-state index in [0.29, 0.717) is 23.6 Å². The van der Waals surface area contributed by atoms with Crippen molar-refractivity contribution in [2.45, 2.75) is 53.0 Å². The Morgan fingerprint density at radius 1 is 1.19 bits per heavy atom. The van der Waals surface area contributed by atoms with Gasteiger partial charge in [0.1, 0.15) is 11.6 Å². The van der Waals surface area contributed by atoms with E-state index in [1.54, 1.807) is 13.8 Å². The number of nitriles is 1. The van der Waals surface area contributed by atoms with Gasteiger partial charge < -0.3 is 15.0 Å². The monoisotopic (exact) mass is 423 g/mol. The van der Waals surface area contributed by atoms with Crippen LogP contribution in [0.2, 0.25) is 0 Å². The Balaban J connectivity index is 1.92. The molecule has 0 radical (unpaired) electrons. The quantitative estimate of drug-likeness (QED) is 0.601. The lowest BCUT2D eigenvalue weighted by Crippen LogP contribution is -2.33. The van der Waals surface area contributed by atoms with Gasteiger partial charge in [0.15, 0.2) is 6.61 Å². The molecule has 0 aliphatic carbocycles. The molecule has 0 aliphatic rings. The van der Waals surface area contributed by atoms with Gasteiger partial charge in [-0.3, -0.25) is 14.4 Å². The largest absolute Gasteiger partial charge is 0.456 e. The molecule has 164 valence electrons. The van der Waals surface area contributed by atoms with E-state index in [1.807, 2.05) is 36.4 Å². The van der Waals surface area contributed by atoms with Crippen LogP contribution >= 0.6 is 0 Å². The van der Waals surface area contributed by atoms with Crippen molar-refractivity contribution in [2.24, 2.45) is 5.92 Å².